The molecular weight excluding hydrogens is 262 g/mol. The Hall–Kier alpha value is -2.47. The number of aryl methyl sites for hydroxylation is 2. The molecule has 0 aliphatic carbocycles. The number of nitriles is 1. The van der Waals surface area contributed by atoms with E-state index < -0.39 is 0 Å². The van der Waals surface area contributed by atoms with Gasteiger partial charge in [0.15, 0.2) is 11.5 Å². The molecule has 0 atom stereocenters. The van der Waals surface area contributed by atoms with Crippen molar-refractivity contribution in [2.24, 2.45) is 0 Å². The molecule has 0 aromatic heterocycles. The van der Waals surface area contributed by atoms with Gasteiger partial charge in [-0.2, -0.15) is 5.26 Å². The van der Waals surface area contributed by atoms with Crippen LogP contribution in [0.3, 0.4) is 0 Å². The Kier molecular flexibility index (Phi) is 4.84. The molecule has 0 radical (unpaired) electrons. The van der Waals surface area contributed by atoms with Crippen LogP contribution < -0.4 is 9.47 Å². The van der Waals surface area contributed by atoms with E-state index in [1.807, 2.05) is 6.92 Å². The highest BCUT2D eigenvalue weighted by Crippen LogP contribution is 2.29. The summed E-state index contributed by atoms with van der Waals surface area (Å²) in [6, 6.07) is 13.6. The molecule has 2 aromatic rings. The van der Waals surface area contributed by atoms with E-state index in [1.54, 1.807) is 18.2 Å². The molecule has 0 bridgehead atoms. The van der Waals surface area contributed by atoms with E-state index in [0.29, 0.717) is 30.3 Å². The minimum absolute atomic E-state index is 0.479. The molecule has 0 saturated carbocycles. The van der Waals surface area contributed by atoms with Gasteiger partial charge in [0.2, 0.25) is 0 Å². The molecule has 2 rings (SSSR count). The lowest BCUT2D eigenvalue weighted by molar-refractivity contribution is 0.269. The van der Waals surface area contributed by atoms with Gasteiger partial charge in [-0.3, -0.25) is 0 Å². The first-order chi connectivity index (χ1) is 10.1. The van der Waals surface area contributed by atoms with Crippen molar-refractivity contribution in [2.75, 3.05) is 6.61 Å². The second-order valence-electron chi connectivity index (χ2n) is 4.91. The van der Waals surface area contributed by atoms with E-state index in [1.165, 1.54) is 11.1 Å². The van der Waals surface area contributed by atoms with Gasteiger partial charge in [-0.1, -0.05) is 18.2 Å². The highest BCUT2D eigenvalue weighted by molar-refractivity contribution is 5.47. The molecule has 0 unspecified atom stereocenters. The minimum atomic E-state index is 0.479. The Bertz CT molecular complexity index is 671. The zero-order valence-electron chi connectivity index (χ0n) is 12.6. The fourth-order valence-electron chi connectivity index (χ4n) is 2.02. The normalized spacial score (nSPS) is 10.0. The molecule has 0 saturated heterocycles. The number of benzene rings is 2. The third-order valence-corrected chi connectivity index (χ3v) is 3.34. The predicted molar refractivity (Wildman–Crippen MR) is 82.6 cm³/mol. The topological polar surface area (TPSA) is 42.2 Å². The largest absolute Gasteiger partial charge is 0.490 e. The maximum Gasteiger partial charge on any atom is 0.162 e. The summed E-state index contributed by atoms with van der Waals surface area (Å²) in [5, 5.41) is 8.94. The third kappa shape index (κ3) is 3.76. The van der Waals surface area contributed by atoms with Gasteiger partial charge in [-0.25, -0.2) is 0 Å². The van der Waals surface area contributed by atoms with Crippen molar-refractivity contribution in [1.82, 2.24) is 0 Å². The second kappa shape index (κ2) is 6.81. The van der Waals surface area contributed by atoms with Crippen LogP contribution in [0.2, 0.25) is 0 Å². The van der Waals surface area contributed by atoms with Crippen molar-refractivity contribution in [3.63, 3.8) is 0 Å². The Morgan fingerprint density at radius 3 is 2.43 bits per heavy atom. The van der Waals surface area contributed by atoms with Gasteiger partial charge in [-0.05, 0) is 49.6 Å². The Morgan fingerprint density at radius 1 is 0.952 bits per heavy atom. The molecule has 0 amide bonds. The maximum absolute atomic E-state index is 8.94. The first-order valence-electron chi connectivity index (χ1n) is 7.00. The van der Waals surface area contributed by atoms with Crippen LogP contribution in [0.15, 0.2) is 36.4 Å². The van der Waals surface area contributed by atoms with Gasteiger partial charge in [0.05, 0.1) is 18.2 Å². The second-order valence-corrected chi connectivity index (χ2v) is 4.91. The highest BCUT2D eigenvalue weighted by Gasteiger charge is 2.07. The lowest BCUT2D eigenvalue weighted by Gasteiger charge is -2.12. The van der Waals surface area contributed by atoms with Crippen molar-refractivity contribution < 1.29 is 9.47 Å². The van der Waals surface area contributed by atoms with E-state index in [9.17, 15) is 0 Å². The summed E-state index contributed by atoms with van der Waals surface area (Å²) in [5.41, 5.74) is 4.20. The van der Waals surface area contributed by atoms with Crippen molar-refractivity contribution >= 4 is 0 Å². The van der Waals surface area contributed by atoms with Crippen molar-refractivity contribution in [3.05, 3.63) is 58.7 Å². The van der Waals surface area contributed by atoms with Gasteiger partial charge >= 0.3 is 0 Å². The summed E-state index contributed by atoms with van der Waals surface area (Å²) in [4.78, 5) is 0. The van der Waals surface area contributed by atoms with Crippen LogP contribution in [0.4, 0.5) is 0 Å². The van der Waals surface area contributed by atoms with Crippen LogP contribution in [0.25, 0.3) is 0 Å². The zero-order valence-corrected chi connectivity index (χ0v) is 12.6. The van der Waals surface area contributed by atoms with Crippen LogP contribution in [-0.4, -0.2) is 6.61 Å². The molecule has 21 heavy (non-hydrogen) atoms. The summed E-state index contributed by atoms with van der Waals surface area (Å²) in [5.74, 6) is 1.27. The quantitative estimate of drug-likeness (QED) is 0.826. The van der Waals surface area contributed by atoms with E-state index in [2.05, 4.69) is 38.1 Å². The maximum atomic E-state index is 8.94. The minimum Gasteiger partial charge on any atom is -0.490 e. The average Bonchev–Trinajstić information content (AvgIpc) is 2.49. The van der Waals surface area contributed by atoms with Gasteiger partial charge in [0.1, 0.15) is 6.61 Å². The highest BCUT2D eigenvalue weighted by atomic mass is 16.5. The van der Waals surface area contributed by atoms with Crippen LogP contribution >= 0.6 is 0 Å². The predicted octanol–water partition coefficient (Wildman–Crippen LogP) is 4.15. The summed E-state index contributed by atoms with van der Waals surface area (Å²) in [7, 11) is 0. The van der Waals surface area contributed by atoms with Crippen LogP contribution in [0.5, 0.6) is 11.5 Å². The molecule has 0 heterocycles. The summed E-state index contributed by atoms with van der Waals surface area (Å²) in [6.07, 6.45) is 0. The van der Waals surface area contributed by atoms with E-state index >= 15 is 0 Å². The van der Waals surface area contributed by atoms with Gasteiger partial charge < -0.3 is 9.47 Å². The Morgan fingerprint density at radius 2 is 1.76 bits per heavy atom. The Labute approximate surface area is 125 Å². The number of hydrogen-bond donors (Lipinski definition) is 0. The Balaban J connectivity index is 2.15. The first kappa shape index (κ1) is 14.9. The van der Waals surface area contributed by atoms with Crippen molar-refractivity contribution in [2.45, 2.75) is 27.4 Å². The lowest BCUT2D eigenvalue weighted by atomic mass is 10.1. The molecule has 3 heteroatoms. The van der Waals surface area contributed by atoms with Gasteiger partial charge in [0.25, 0.3) is 0 Å². The SMILES string of the molecule is CCOc1cc(C#N)ccc1OCc1ccc(C)c(C)c1. The number of nitrogens with zero attached hydrogens (tertiary/aromatic N) is 1. The van der Waals surface area contributed by atoms with Crippen molar-refractivity contribution in [1.29, 1.82) is 5.26 Å². The zero-order chi connectivity index (χ0) is 15.2. The average molecular weight is 281 g/mol. The molecule has 0 spiro atoms. The third-order valence-electron chi connectivity index (χ3n) is 3.34. The first-order valence-corrected chi connectivity index (χ1v) is 7.00. The molecule has 0 aliphatic rings. The molecule has 3 nitrogen and oxygen atoms in total. The molecule has 0 aliphatic heterocycles. The standard InChI is InChI=1S/C18H19NO2/c1-4-20-18-10-15(11-19)7-8-17(18)21-12-16-6-5-13(2)14(3)9-16/h5-10H,4,12H2,1-3H3. The fraction of sp³-hybridized carbons (Fsp3) is 0.278. The van der Waals surface area contributed by atoms with Crippen LogP contribution in [0, 0.1) is 25.2 Å². The molecule has 0 N–H and O–H groups in total. The fourth-order valence-corrected chi connectivity index (χ4v) is 2.02. The smallest absolute Gasteiger partial charge is 0.162 e. The number of rotatable bonds is 5. The summed E-state index contributed by atoms with van der Waals surface area (Å²) >= 11 is 0. The van der Waals surface area contributed by atoms with E-state index in [-0.39, 0.29) is 0 Å². The lowest BCUT2D eigenvalue weighted by Crippen LogP contribution is -2.00. The number of hydrogen-bond acceptors (Lipinski definition) is 3. The van der Waals surface area contributed by atoms with Crippen molar-refractivity contribution in [3.8, 4) is 17.6 Å². The molecular formula is C18H19NO2. The monoisotopic (exact) mass is 281 g/mol. The summed E-state index contributed by atoms with van der Waals surface area (Å²) in [6.45, 7) is 7.11. The molecule has 2 aromatic carbocycles. The van der Waals surface area contributed by atoms with Crippen LogP contribution in [-0.2, 0) is 6.61 Å². The van der Waals surface area contributed by atoms with Gasteiger partial charge in [0, 0.05) is 6.07 Å². The van der Waals surface area contributed by atoms with Gasteiger partial charge in [-0.15, -0.1) is 0 Å². The number of ether oxygens (including phenoxy) is 2. The van der Waals surface area contributed by atoms with E-state index in [0.717, 1.165) is 5.56 Å². The van der Waals surface area contributed by atoms with E-state index in [4.69, 9.17) is 14.7 Å². The summed E-state index contributed by atoms with van der Waals surface area (Å²) < 4.78 is 11.4. The molecule has 108 valence electrons. The molecule has 0 fully saturated rings. The van der Waals surface area contributed by atoms with Crippen LogP contribution in [0.1, 0.15) is 29.2 Å².